The fourth-order valence-corrected chi connectivity index (χ4v) is 1.10. The van der Waals surface area contributed by atoms with Gasteiger partial charge in [-0.15, -0.1) is 0 Å². The fraction of sp³-hybridized carbons (Fsp3) is 0.800. The molecule has 17 heavy (non-hydrogen) atoms. The zero-order valence-electron chi connectivity index (χ0n) is 10.1. The monoisotopic (exact) mass is 245 g/mol. The first-order valence-electron chi connectivity index (χ1n) is 5.52. The summed E-state index contributed by atoms with van der Waals surface area (Å²) in [6.07, 6.45) is 0.615. The highest BCUT2D eigenvalue weighted by Crippen LogP contribution is 2.00. The van der Waals surface area contributed by atoms with E-state index >= 15 is 0 Å². The molecule has 0 saturated carbocycles. The van der Waals surface area contributed by atoms with Crippen molar-refractivity contribution in [1.29, 1.82) is 0 Å². The molecule has 0 saturated heterocycles. The molecule has 98 valence electrons. The summed E-state index contributed by atoms with van der Waals surface area (Å²) in [5.41, 5.74) is 5.29. The van der Waals surface area contributed by atoms with Crippen molar-refractivity contribution >= 4 is 0 Å². The maximum atomic E-state index is 5.29. The predicted molar refractivity (Wildman–Crippen MR) is 59.4 cm³/mol. The Labute approximate surface area is 100 Å². The lowest BCUT2D eigenvalue weighted by molar-refractivity contribution is 0.0714. The van der Waals surface area contributed by atoms with Crippen molar-refractivity contribution in [2.75, 3.05) is 40.1 Å². The minimum Gasteiger partial charge on any atom is -0.382 e. The van der Waals surface area contributed by atoms with Crippen LogP contribution in [0, 0.1) is 0 Å². The second-order valence-corrected chi connectivity index (χ2v) is 3.30. The van der Waals surface area contributed by atoms with E-state index in [1.807, 2.05) is 0 Å². The van der Waals surface area contributed by atoms with Crippen molar-refractivity contribution < 1.29 is 18.7 Å². The van der Waals surface area contributed by atoms with Crippen LogP contribution in [0.3, 0.4) is 0 Å². The van der Waals surface area contributed by atoms with Gasteiger partial charge in [-0.25, -0.2) is 0 Å². The van der Waals surface area contributed by atoms with Crippen LogP contribution in [0.5, 0.6) is 0 Å². The topological polar surface area (TPSA) is 92.6 Å². The molecule has 2 N–H and O–H groups in total. The van der Waals surface area contributed by atoms with Gasteiger partial charge in [0.15, 0.2) is 5.82 Å². The Morgan fingerprint density at radius 3 is 2.82 bits per heavy atom. The zero-order valence-corrected chi connectivity index (χ0v) is 10.1. The van der Waals surface area contributed by atoms with Crippen molar-refractivity contribution in [3.63, 3.8) is 0 Å². The summed E-state index contributed by atoms with van der Waals surface area (Å²) in [4.78, 5) is 4.15. The molecule has 0 aromatic carbocycles. The van der Waals surface area contributed by atoms with Crippen molar-refractivity contribution in [2.45, 2.75) is 13.0 Å². The molecule has 0 bridgehead atoms. The standard InChI is InChI=1S/C10H19N3O4/c1-14-6-7-15-4-2-9-12-10(17-13-9)8-16-5-3-11/h2-8,11H2,1H3. The summed E-state index contributed by atoms with van der Waals surface area (Å²) in [7, 11) is 1.64. The lowest BCUT2D eigenvalue weighted by atomic mass is 10.4. The number of nitrogens with two attached hydrogens (primary N) is 1. The van der Waals surface area contributed by atoms with Crippen molar-refractivity contribution in [2.24, 2.45) is 5.73 Å². The van der Waals surface area contributed by atoms with Crippen LogP contribution in [0.1, 0.15) is 11.7 Å². The minimum atomic E-state index is 0.300. The third-order valence-corrected chi connectivity index (χ3v) is 1.90. The quantitative estimate of drug-likeness (QED) is 0.568. The SMILES string of the molecule is COCCOCCc1noc(COCCN)n1. The molecule has 7 nitrogen and oxygen atoms in total. The van der Waals surface area contributed by atoms with Crippen LogP contribution in [0.2, 0.25) is 0 Å². The van der Waals surface area contributed by atoms with Crippen LogP contribution in [0.4, 0.5) is 0 Å². The van der Waals surface area contributed by atoms with Crippen LogP contribution in [0.15, 0.2) is 4.52 Å². The lowest BCUT2D eigenvalue weighted by Gasteiger charge is -2.00. The number of methoxy groups -OCH3 is 1. The molecule has 0 aliphatic rings. The van der Waals surface area contributed by atoms with E-state index in [4.69, 9.17) is 24.5 Å². The smallest absolute Gasteiger partial charge is 0.252 e. The Bertz CT molecular complexity index is 293. The van der Waals surface area contributed by atoms with Gasteiger partial charge in [0.25, 0.3) is 5.89 Å². The predicted octanol–water partition coefficient (Wildman–Crippen LogP) is -0.250. The number of aromatic nitrogens is 2. The third kappa shape index (κ3) is 6.32. The van der Waals surface area contributed by atoms with Gasteiger partial charge in [0.05, 0.1) is 26.4 Å². The summed E-state index contributed by atoms with van der Waals surface area (Å²) in [6, 6.07) is 0. The van der Waals surface area contributed by atoms with E-state index in [1.54, 1.807) is 7.11 Å². The van der Waals surface area contributed by atoms with Gasteiger partial charge in [-0.05, 0) is 0 Å². The molecule has 0 atom stereocenters. The van der Waals surface area contributed by atoms with Crippen LogP contribution >= 0.6 is 0 Å². The average Bonchev–Trinajstić information content (AvgIpc) is 2.77. The van der Waals surface area contributed by atoms with E-state index in [9.17, 15) is 0 Å². The molecular formula is C10H19N3O4. The van der Waals surface area contributed by atoms with Gasteiger partial charge in [-0.1, -0.05) is 5.16 Å². The van der Waals surface area contributed by atoms with E-state index < -0.39 is 0 Å². The van der Waals surface area contributed by atoms with Gasteiger partial charge in [0.1, 0.15) is 6.61 Å². The molecule has 0 amide bonds. The summed E-state index contributed by atoms with van der Waals surface area (Å²) < 4.78 is 20.3. The number of nitrogens with zero attached hydrogens (tertiary/aromatic N) is 2. The van der Waals surface area contributed by atoms with Crippen molar-refractivity contribution in [3.8, 4) is 0 Å². The van der Waals surface area contributed by atoms with Crippen LogP contribution < -0.4 is 5.73 Å². The molecule has 0 unspecified atom stereocenters. The third-order valence-electron chi connectivity index (χ3n) is 1.90. The van der Waals surface area contributed by atoms with Gasteiger partial charge >= 0.3 is 0 Å². The number of ether oxygens (including phenoxy) is 3. The first-order chi connectivity index (χ1) is 8.36. The molecule has 7 heteroatoms. The van der Waals surface area contributed by atoms with Gasteiger partial charge in [-0.2, -0.15) is 4.98 Å². The number of hydrogen-bond donors (Lipinski definition) is 1. The van der Waals surface area contributed by atoms with Crippen LogP contribution in [-0.2, 0) is 27.2 Å². The largest absolute Gasteiger partial charge is 0.382 e. The Balaban J connectivity index is 2.12. The maximum Gasteiger partial charge on any atom is 0.252 e. The molecule has 0 aliphatic carbocycles. The highest BCUT2D eigenvalue weighted by atomic mass is 16.5. The highest BCUT2D eigenvalue weighted by molar-refractivity contribution is 4.84. The van der Waals surface area contributed by atoms with E-state index in [2.05, 4.69) is 10.1 Å². The Hall–Kier alpha value is -1.02. The van der Waals surface area contributed by atoms with E-state index in [0.717, 1.165) is 0 Å². The fourth-order valence-electron chi connectivity index (χ4n) is 1.10. The molecular weight excluding hydrogens is 226 g/mol. The maximum absolute atomic E-state index is 5.29. The van der Waals surface area contributed by atoms with E-state index in [-0.39, 0.29) is 0 Å². The van der Waals surface area contributed by atoms with Crippen LogP contribution in [0.25, 0.3) is 0 Å². The first kappa shape index (κ1) is 14.0. The average molecular weight is 245 g/mol. The molecule has 1 aromatic rings. The molecule has 1 heterocycles. The highest BCUT2D eigenvalue weighted by Gasteiger charge is 2.05. The minimum absolute atomic E-state index is 0.300. The molecule has 1 rings (SSSR count). The molecule has 0 spiro atoms. The van der Waals surface area contributed by atoms with Gasteiger partial charge in [0, 0.05) is 20.1 Å². The second-order valence-electron chi connectivity index (χ2n) is 3.30. The van der Waals surface area contributed by atoms with Crippen molar-refractivity contribution in [3.05, 3.63) is 11.7 Å². The summed E-state index contributed by atoms with van der Waals surface area (Å²) >= 11 is 0. The lowest BCUT2D eigenvalue weighted by Crippen LogP contribution is -2.08. The summed E-state index contributed by atoms with van der Waals surface area (Å²) in [5.74, 6) is 1.08. The Morgan fingerprint density at radius 2 is 2.06 bits per heavy atom. The summed E-state index contributed by atoms with van der Waals surface area (Å²) in [5, 5.41) is 3.80. The number of rotatable bonds is 10. The molecule has 0 fully saturated rings. The number of hydrogen-bond acceptors (Lipinski definition) is 7. The molecule has 0 aliphatic heterocycles. The van der Waals surface area contributed by atoms with Gasteiger partial charge in [-0.3, -0.25) is 0 Å². The van der Waals surface area contributed by atoms with Gasteiger partial charge < -0.3 is 24.5 Å². The van der Waals surface area contributed by atoms with Crippen molar-refractivity contribution in [1.82, 2.24) is 10.1 Å². The second kappa shape index (κ2) is 9.06. The Kier molecular flexibility index (Phi) is 7.48. The molecule has 0 radical (unpaired) electrons. The summed E-state index contributed by atoms with van der Waals surface area (Å²) in [6.45, 7) is 2.97. The van der Waals surface area contributed by atoms with E-state index in [0.29, 0.717) is 57.7 Å². The molecule has 1 aromatic heterocycles. The van der Waals surface area contributed by atoms with Gasteiger partial charge in [0.2, 0.25) is 0 Å². The van der Waals surface area contributed by atoms with E-state index in [1.165, 1.54) is 0 Å². The van der Waals surface area contributed by atoms with Crippen LogP contribution in [-0.4, -0.2) is 50.2 Å². The first-order valence-corrected chi connectivity index (χ1v) is 5.52. The zero-order chi connectivity index (χ0) is 12.3. The Morgan fingerprint density at radius 1 is 1.18 bits per heavy atom. The normalized spacial score (nSPS) is 10.9.